The van der Waals surface area contributed by atoms with E-state index in [-0.39, 0.29) is 12.5 Å². The van der Waals surface area contributed by atoms with Gasteiger partial charge in [-0.2, -0.15) is 0 Å². The van der Waals surface area contributed by atoms with E-state index in [2.05, 4.69) is 5.32 Å². The van der Waals surface area contributed by atoms with Crippen LogP contribution in [0, 0.1) is 0 Å². The minimum Gasteiger partial charge on any atom is -0.472 e. The van der Waals surface area contributed by atoms with Gasteiger partial charge in [0.05, 0.1) is 18.4 Å². The SMILES string of the molecule is CC(O)(CO)CNC(=O)c1ccoc1. The highest BCUT2D eigenvalue weighted by Crippen LogP contribution is 2.02. The third kappa shape index (κ3) is 2.86. The Bertz CT molecular complexity index is 292. The Morgan fingerprint density at radius 3 is 2.93 bits per heavy atom. The summed E-state index contributed by atoms with van der Waals surface area (Å²) in [6.07, 6.45) is 2.70. The van der Waals surface area contributed by atoms with E-state index in [0.717, 1.165) is 0 Å². The lowest BCUT2D eigenvalue weighted by atomic mass is 10.1. The second kappa shape index (κ2) is 4.26. The van der Waals surface area contributed by atoms with E-state index >= 15 is 0 Å². The van der Waals surface area contributed by atoms with Crippen LogP contribution < -0.4 is 5.32 Å². The first-order valence-corrected chi connectivity index (χ1v) is 4.19. The molecule has 14 heavy (non-hydrogen) atoms. The highest BCUT2D eigenvalue weighted by molar-refractivity contribution is 5.93. The van der Waals surface area contributed by atoms with E-state index in [1.165, 1.54) is 25.5 Å². The third-order valence-electron chi connectivity index (χ3n) is 1.75. The van der Waals surface area contributed by atoms with E-state index in [0.29, 0.717) is 5.56 Å². The average Bonchev–Trinajstić information content (AvgIpc) is 2.67. The molecular weight excluding hydrogens is 186 g/mol. The molecule has 0 saturated carbocycles. The van der Waals surface area contributed by atoms with Gasteiger partial charge in [0.1, 0.15) is 11.9 Å². The maximum Gasteiger partial charge on any atom is 0.254 e. The maximum absolute atomic E-state index is 11.3. The molecular formula is C9H13NO4. The Morgan fingerprint density at radius 2 is 2.43 bits per heavy atom. The molecule has 0 saturated heterocycles. The molecule has 78 valence electrons. The van der Waals surface area contributed by atoms with E-state index in [1.54, 1.807) is 0 Å². The summed E-state index contributed by atoms with van der Waals surface area (Å²) in [6.45, 7) is 1.02. The van der Waals surface area contributed by atoms with Gasteiger partial charge in [-0.05, 0) is 13.0 Å². The molecule has 0 aliphatic rings. The number of aliphatic hydroxyl groups is 2. The summed E-state index contributed by atoms with van der Waals surface area (Å²) < 4.78 is 4.72. The zero-order valence-electron chi connectivity index (χ0n) is 7.86. The molecule has 0 radical (unpaired) electrons. The fraction of sp³-hybridized carbons (Fsp3) is 0.444. The van der Waals surface area contributed by atoms with Crippen LogP contribution in [0.5, 0.6) is 0 Å². The first-order valence-electron chi connectivity index (χ1n) is 4.19. The number of carbonyl (C=O) groups excluding carboxylic acids is 1. The lowest BCUT2D eigenvalue weighted by Crippen LogP contribution is -2.43. The Kier molecular flexibility index (Phi) is 3.27. The topological polar surface area (TPSA) is 82.7 Å². The smallest absolute Gasteiger partial charge is 0.254 e. The predicted octanol–water partition coefficient (Wildman–Crippen LogP) is -0.247. The Labute approximate surface area is 81.4 Å². The summed E-state index contributed by atoms with van der Waals surface area (Å²) in [5, 5.41) is 20.6. The molecule has 1 atom stereocenters. The van der Waals surface area contributed by atoms with E-state index in [1.807, 2.05) is 0 Å². The van der Waals surface area contributed by atoms with Crippen molar-refractivity contribution in [3.8, 4) is 0 Å². The molecule has 1 amide bonds. The largest absolute Gasteiger partial charge is 0.472 e. The molecule has 1 unspecified atom stereocenters. The van der Waals surface area contributed by atoms with Crippen LogP contribution >= 0.6 is 0 Å². The summed E-state index contributed by atoms with van der Waals surface area (Å²) in [7, 11) is 0. The van der Waals surface area contributed by atoms with Gasteiger partial charge in [0.25, 0.3) is 5.91 Å². The van der Waals surface area contributed by atoms with Gasteiger partial charge in [-0.1, -0.05) is 0 Å². The first-order chi connectivity index (χ1) is 6.55. The van der Waals surface area contributed by atoms with Gasteiger partial charge in [0, 0.05) is 6.54 Å². The molecule has 0 spiro atoms. The summed E-state index contributed by atoms with van der Waals surface area (Å²) >= 11 is 0. The predicted molar refractivity (Wildman–Crippen MR) is 48.8 cm³/mol. The number of furan rings is 1. The lowest BCUT2D eigenvalue weighted by Gasteiger charge is -2.20. The first kappa shape index (κ1) is 10.7. The van der Waals surface area contributed by atoms with Crippen LogP contribution in [0.3, 0.4) is 0 Å². The van der Waals surface area contributed by atoms with Crippen LogP contribution in [0.1, 0.15) is 17.3 Å². The molecule has 0 aliphatic carbocycles. The average molecular weight is 199 g/mol. The van der Waals surface area contributed by atoms with Gasteiger partial charge in [-0.15, -0.1) is 0 Å². The van der Waals surface area contributed by atoms with Crippen LogP contribution in [0.25, 0.3) is 0 Å². The molecule has 1 heterocycles. The number of amides is 1. The molecule has 1 aromatic rings. The highest BCUT2D eigenvalue weighted by Gasteiger charge is 2.20. The molecule has 0 aromatic carbocycles. The minimum absolute atomic E-state index is 0.00644. The number of carbonyl (C=O) groups is 1. The van der Waals surface area contributed by atoms with E-state index in [9.17, 15) is 9.90 Å². The molecule has 5 nitrogen and oxygen atoms in total. The molecule has 0 bridgehead atoms. The van der Waals surface area contributed by atoms with Gasteiger partial charge < -0.3 is 19.9 Å². The van der Waals surface area contributed by atoms with Crippen molar-refractivity contribution in [1.82, 2.24) is 5.32 Å². The third-order valence-corrected chi connectivity index (χ3v) is 1.75. The zero-order chi connectivity index (χ0) is 10.6. The summed E-state index contributed by atoms with van der Waals surface area (Å²) in [6, 6.07) is 1.52. The maximum atomic E-state index is 11.3. The van der Waals surface area contributed by atoms with Crippen molar-refractivity contribution in [3.05, 3.63) is 24.2 Å². The van der Waals surface area contributed by atoms with Crippen LogP contribution in [-0.4, -0.2) is 34.9 Å². The monoisotopic (exact) mass is 199 g/mol. The molecule has 1 aromatic heterocycles. The van der Waals surface area contributed by atoms with Crippen LogP contribution in [0.15, 0.2) is 23.0 Å². The number of rotatable bonds is 4. The summed E-state index contributed by atoms with van der Waals surface area (Å²) in [5.74, 6) is -0.340. The van der Waals surface area contributed by atoms with Crippen molar-refractivity contribution in [3.63, 3.8) is 0 Å². The van der Waals surface area contributed by atoms with Crippen molar-refractivity contribution in [2.24, 2.45) is 0 Å². The Morgan fingerprint density at radius 1 is 1.71 bits per heavy atom. The number of nitrogens with one attached hydrogen (secondary N) is 1. The summed E-state index contributed by atoms with van der Waals surface area (Å²) in [5.41, 5.74) is -0.905. The highest BCUT2D eigenvalue weighted by atomic mass is 16.3. The van der Waals surface area contributed by atoms with Gasteiger partial charge >= 0.3 is 0 Å². The number of aliphatic hydroxyl groups excluding tert-OH is 1. The fourth-order valence-corrected chi connectivity index (χ4v) is 0.822. The van der Waals surface area contributed by atoms with Crippen molar-refractivity contribution in [1.29, 1.82) is 0 Å². The van der Waals surface area contributed by atoms with Gasteiger partial charge in [-0.25, -0.2) is 0 Å². The van der Waals surface area contributed by atoms with Crippen molar-refractivity contribution >= 4 is 5.91 Å². The van der Waals surface area contributed by atoms with Crippen LogP contribution in [0.2, 0.25) is 0 Å². The Hall–Kier alpha value is -1.33. The Balaban J connectivity index is 2.43. The fourth-order valence-electron chi connectivity index (χ4n) is 0.822. The second-order valence-corrected chi connectivity index (χ2v) is 3.35. The lowest BCUT2D eigenvalue weighted by molar-refractivity contribution is 0.00319. The summed E-state index contributed by atoms with van der Waals surface area (Å²) in [4.78, 5) is 11.3. The van der Waals surface area contributed by atoms with Crippen molar-refractivity contribution in [2.75, 3.05) is 13.2 Å². The standard InChI is InChI=1S/C9H13NO4/c1-9(13,6-11)5-10-8(12)7-2-3-14-4-7/h2-4,11,13H,5-6H2,1H3,(H,10,12). The van der Waals surface area contributed by atoms with Crippen LogP contribution in [-0.2, 0) is 0 Å². The second-order valence-electron chi connectivity index (χ2n) is 3.35. The zero-order valence-corrected chi connectivity index (χ0v) is 7.86. The van der Waals surface area contributed by atoms with Gasteiger partial charge in [0.15, 0.2) is 0 Å². The van der Waals surface area contributed by atoms with E-state index in [4.69, 9.17) is 9.52 Å². The molecule has 0 aliphatic heterocycles. The molecule has 0 fully saturated rings. The quantitative estimate of drug-likeness (QED) is 0.624. The minimum atomic E-state index is -1.29. The van der Waals surface area contributed by atoms with E-state index < -0.39 is 12.2 Å². The normalized spacial score (nSPS) is 14.8. The molecule has 5 heteroatoms. The molecule has 3 N–H and O–H groups in total. The molecule has 1 rings (SSSR count). The van der Waals surface area contributed by atoms with Crippen molar-refractivity contribution in [2.45, 2.75) is 12.5 Å². The van der Waals surface area contributed by atoms with Crippen molar-refractivity contribution < 1.29 is 19.4 Å². The van der Waals surface area contributed by atoms with Crippen LogP contribution in [0.4, 0.5) is 0 Å². The number of hydrogen-bond donors (Lipinski definition) is 3. The number of hydrogen-bond acceptors (Lipinski definition) is 4. The van der Waals surface area contributed by atoms with Gasteiger partial charge in [-0.3, -0.25) is 4.79 Å². The van der Waals surface area contributed by atoms with Gasteiger partial charge in [0.2, 0.25) is 0 Å².